The average molecular weight is 485 g/mol. The fraction of sp³-hybridized carbons (Fsp3) is 0.174. The highest BCUT2D eigenvalue weighted by atomic mass is 79.9. The smallest absolute Gasteiger partial charge is 0.269 e. The molecule has 31 heavy (non-hydrogen) atoms. The highest BCUT2D eigenvalue weighted by Crippen LogP contribution is 2.37. The maximum absolute atomic E-state index is 10.8. The van der Waals surface area contributed by atoms with Crippen molar-refractivity contribution in [2.45, 2.75) is 13.5 Å². The molecular weight excluding hydrogens is 464 g/mol. The van der Waals surface area contributed by atoms with E-state index in [-0.39, 0.29) is 12.3 Å². The second-order valence-corrected chi connectivity index (χ2v) is 7.29. The number of nitrogens with zero attached hydrogens (tertiary/aromatic N) is 2. The highest BCUT2D eigenvalue weighted by molar-refractivity contribution is 9.10. The van der Waals surface area contributed by atoms with E-state index in [1.807, 2.05) is 43.3 Å². The zero-order valence-corrected chi connectivity index (χ0v) is 18.7. The average Bonchev–Trinajstić information content (AvgIpc) is 2.78. The Kier molecular flexibility index (Phi) is 7.61. The van der Waals surface area contributed by atoms with Gasteiger partial charge in [-0.15, -0.1) is 0 Å². The quantitative estimate of drug-likeness (QED) is 0.208. The number of halogens is 1. The fourth-order valence-corrected chi connectivity index (χ4v) is 3.34. The Bertz CT molecular complexity index is 1070. The zero-order valence-electron chi connectivity index (χ0n) is 17.1. The van der Waals surface area contributed by atoms with E-state index >= 15 is 0 Å². The molecule has 0 N–H and O–H groups in total. The number of methoxy groups -OCH3 is 1. The number of non-ortho nitro benzene ring substituents is 1. The van der Waals surface area contributed by atoms with Gasteiger partial charge in [0.05, 0.1) is 28.8 Å². The van der Waals surface area contributed by atoms with Crippen molar-refractivity contribution >= 4 is 33.5 Å². The predicted octanol–water partition coefficient (Wildman–Crippen LogP) is 6.09. The lowest BCUT2D eigenvalue weighted by Crippen LogP contribution is -2.00. The van der Waals surface area contributed by atoms with Crippen molar-refractivity contribution in [2.75, 3.05) is 13.7 Å². The molecule has 0 aliphatic heterocycles. The van der Waals surface area contributed by atoms with Crippen LogP contribution >= 0.6 is 15.9 Å². The van der Waals surface area contributed by atoms with E-state index in [9.17, 15) is 10.1 Å². The molecule has 0 heterocycles. The maximum atomic E-state index is 10.8. The van der Waals surface area contributed by atoms with Crippen LogP contribution in [0.2, 0.25) is 0 Å². The molecule has 0 atom stereocenters. The summed E-state index contributed by atoms with van der Waals surface area (Å²) in [7, 11) is 1.56. The van der Waals surface area contributed by atoms with Crippen LogP contribution in [0.3, 0.4) is 0 Å². The molecule has 3 aromatic carbocycles. The highest BCUT2D eigenvalue weighted by Gasteiger charge is 2.12. The van der Waals surface area contributed by atoms with E-state index in [4.69, 9.17) is 14.2 Å². The number of nitro benzene ring substituents is 1. The van der Waals surface area contributed by atoms with Gasteiger partial charge in [0.15, 0.2) is 11.5 Å². The Morgan fingerprint density at radius 1 is 1.06 bits per heavy atom. The monoisotopic (exact) mass is 484 g/mol. The Balaban J connectivity index is 1.72. The van der Waals surface area contributed by atoms with E-state index < -0.39 is 4.92 Å². The first-order valence-corrected chi connectivity index (χ1v) is 10.3. The van der Waals surface area contributed by atoms with E-state index in [0.717, 1.165) is 22.6 Å². The molecule has 0 unspecified atom stereocenters. The van der Waals surface area contributed by atoms with Crippen LogP contribution in [-0.4, -0.2) is 24.9 Å². The van der Waals surface area contributed by atoms with Gasteiger partial charge >= 0.3 is 0 Å². The summed E-state index contributed by atoms with van der Waals surface area (Å²) < 4.78 is 17.5. The van der Waals surface area contributed by atoms with Gasteiger partial charge in [0.25, 0.3) is 5.69 Å². The molecule has 160 valence electrons. The topological polar surface area (TPSA) is 83.2 Å². The fourth-order valence-electron chi connectivity index (χ4n) is 2.77. The minimum Gasteiger partial charge on any atom is -0.494 e. The van der Waals surface area contributed by atoms with Gasteiger partial charge in [-0.2, -0.15) is 0 Å². The molecule has 7 nitrogen and oxygen atoms in total. The van der Waals surface area contributed by atoms with Gasteiger partial charge in [-0.05, 0) is 82.5 Å². The van der Waals surface area contributed by atoms with Gasteiger partial charge in [0.1, 0.15) is 12.4 Å². The van der Waals surface area contributed by atoms with Gasteiger partial charge in [-0.1, -0.05) is 0 Å². The summed E-state index contributed by atoms with van der Waals surface area (Å²) in [6.45, 7) is 2.80. The lowest BCUT2D eigenvalue weighted by molar-refractivity contribution is -0.384. The SMILES string of the molecule is CCOc1ccc(N=Cc2cc(Br)c(OCc3ccc([N+](=O)[O-])cc3)c(OC)c2)cc1. The molecule has 0 aliphatic rings. The van der Waals surface area contributed by atoms with E-state index in [0.29, 0.717) is 22.6 Å². The maximum Gasteiger partial charge on any atom is 0.269 e. The summed E-state index contributed by atoms with van der Waals surface area (Å²) in [4.78, 5) is 14.8. The van der Waals surface area contributed by atoms with Crippen molar-refractivity contribution in [3.05, 3.63) is 86.4 Å². The van der Waals surface area contributed by atoms with Crippen molar-refractivity contribution in [3.63, 3.8) is 0 Å². The van der Waals surface area contributed by atoms with Crippen molar-refractivity contribution in [1.82, 2.24) is 0 Å². The number of aliphatic imine (C=N–C) groups is 1. The van der Waals surface area contributed by atoms with Gasteiger partial charge in [0, 0.05) is 18.3 Å². The number of ether oxygens (including phenoxy) is 3. The van der Waals surface area contributed by atoms with Crippen LogP contribution < -0.4 is 14.2 Å². The van der Waals surface area contributed by atoms with Crippen LogP contribution in [-0.2, 0) is 6.61 Å². The first-order valence-electron chi connectivity index (χ1n) is 9.50. The molecule has 8 heteroatoms. The Morgan fingerprint density at radius 3 is 2.39 bits per heavy atom. The van der Waals surface area contributed by atoms with Crippen molar-refractivity contribution in [3.8, 4) is 17.2 Å². The molecular formula is C23H21BrN2O5. The Morgan fingerprint density at radius 2 is 1.77 bits per heavy atom. The first-order chi connectivity index (χ1) is 15.0. The summed E-state index contributed by atoms with van der Waals surface area (Å²) >= 11 is 3.52. The van der Waals surface area contributed by atoms with Gasteiger partial charge in [-0.25, -0.2) is 0 Å². The molecule has 0 amide bonds. The Hall–Kier alpha value is -3.39. The molecule has 0 spiro atoms. The molecule has 0 aliphatic carbocycles. The second-order valence-electron chi connectivity index (χ2n) is 6.43. The standard InChI is InChI=1S/C23H21BrN2O5/c1-3-30-20-10-6-18(7-11-20)25-14-17-12-21(24)23(22(13-17)29-2)31-15-16-4-8-19(9-5-16)26(27)28/h4-14H,3,15H2,1-2H3. The number of hydrogen-bond donors (Lipinski definition) is 0. The van der Waals surface area contributed by atoms with Crippen molar-refractivity contribution < 1.29 is 19.1 Å². The van der Waals surface area contributed by atoms with Crippen molar-refractivity contribution in [2.24, 2.45) is 4.99 Å². The minimum atomic E-state index is -0.433. The minimum absolute atomic E-state index is 0.0404. The lowest BCUT2D eigenvalue weighted by atomic mass is 10.2. The summed E-state index contributed by atoms with van der Waals surface area (Å²) in [5.41, 5.74) is 2.48. The van der Waals surface area contributed by atoms with Gasteiger partial charge in [0.2, 0.25) is 0 Å². The van der Waals surface area contributed by atoms with Crippen LogP contribution in [0.4, 0.5) is 11.4 Å². The molecule has 0 saturated heterocycles. The normalized spacial score (nSPS) is 10.8. The predicted molar refractivity (Wildman–Crippen MR) is 123 cm³/mol. The molecule has 0 aromatic heterocycles. The number of hydrogen-bond acceptors (Lipinski definition) is 6. The van der Waals surface area contributed by atoms with Crippen LogP contribution in [0.15, 0.2) is 70.1 Å². The molecule has 3 aromatic rings. The van der Waals surface area contributed by atoms with E-state index in [2.05, 4.69) is 20.9 Å². The van der Waals surface area contributed by atoms with Gasteiger partial charge in [-0.3, -0.25) is 15.1 Å². The van der Waals surface area contributed by atoms with Crippen LogP contribution in [0.1, 0.15) is 18.1 Å². The third-order valence-corrected chi connectivity index (χ3v) is 4.88. The van der Waals surface area contributed by atoms with Crippen LogP contribution in [0, 0.1) is 10.1 Å². The molecule has 0 bridgehead atoms. The van der Waals surface area contributed by atoms with E-state index in [1.165, 1.54) is 12.1 Å². The van der Waals surface area contributed by atoms with E-state index in [1.54, 1.807) is 25.5 Å². The number of rotatable bonds is 9. The largest absolute Gasteiger partial charge is 0.494 e. The number of benzene rings is 3. The van der Waals surface area contributed by atoms with Crippen LogP contribution in [0.5, 0.6) is 17.2 Å². The summed E-state index contributed by atoms with van der Waals surface area (Å²) in [6.07, 6.45) is 1.74. The summed E-state index contributed by atoms with van der Waals surface area (Å²) in [5, 5.41) is 10.8. The molecule has 3 rings (SSSR count). The molecule has 0 radical (unpaired) electrons. The third kappa shape index (κ3) is 6.05. The summed E-state index contributed by atoms with van der Waals surface area (Å²) in [5.74, 6) is 1.89. The molecule has 0 fully saturated rings. The van der Waals surface area contributed by atoms with Crippen LogP contribution in [0.25, 0.3) is 0 Å². The second kappa shape index (κ2) is 10.6. The number of nitro groups is 1. The van der Waals surface area contributed by atoms with Gasteiger partial charge < -0.3 is 14.2 Å². The first kappa shape index (κ1) is 22.3. The summed E-state index contributed by atoms with van der Waals surface area (Å²) in [6, 6.07) is 17.5. The Labute approximate surface area is 188 Å². The molecule has 0 saturated carbocycles. The third-order valence-electron chi connectivity index (χ3n) is 4.29. The zero-order chi connectivity index (χ0) is 22.2. The lowest BCUT2D eigenvalue weighted by Gasteiger charge is -2.13. The van der Waals surface area contributed by atoms with Crippen molar-refractivity contribution in [1.29, 1.82) is 0 Å².